The highest BCUT2D eigenvalue weighted by molar-refractivity contribution is 6.35. The Bertz CT molecular complexity index is 817. The molecule has 1 fully saturated rings. The molecule has 130 valence electrons. The molecule has 5 nitrogen and oxygen atoms in total. The third kappa shape index (κ3) is 2.59. The fourth-order valence-electron chi connectivity index (χ4n) is 3.32. The number of carbonyl (C=O) groups is 1. The normalized spacial score (nSPS) is 18.0. The fourth-order valence-corrected chi connectivity index (χ4v) is 3.60. The van der Waals surface area contributed by atoms with E-state index in [2.05, 4.69) is 0 Å². The summed E-state index contributed by atoms with van der Waals surface area (Å²) < 4.78 is 17.2. The molecule has 0 N–H and O–H groups in total. The van der Waals surface area contributed by atoms with E-state index in [0.29, 0.717) is 42.6 Å². The number of halogens is 1. The van der Waals surface area contributed by atoms with Gasteiger partial charge in [-0.05, 0) is 24.6 Å². The minimum atomic E-state index is -1.36. The van der Waals surface area contributed by atoms with E-state index in [4.69, 9.17) is 25.8 Å². The highest BCUT2D eigenvalue weighted by Crippen LogP contribution is 2.48. The van der Waals surface area contributed by atoms with Crippen LogP contribution in [-0.2, 0) is 20.1 Å². The summed E-state index contributed by atoms with van der Waals surface area (Å²) in [6, 6.07) is 13.2. The molecule has 1 spiro atoms. The molecule has 2 aromatic rings. The van der Waals surface area contributed by atoms with E-state index in [1.54, 1.807) is 17.0 Å². The highest BCUT2D eigenvalue weighted by Gasteiger charge is 2.56. The standard InChI is InChI=1S/C19H18ClNO4/c1-13-5-2-3-8-16(13)23-10-9-21-17-14(6-4-7-15(17)20)19(18(21)22)24-11-12-25-19/h2-8H,9-12H2,1H3. The summed E-state index contributed by atoms with van der Waals surface area (Å²) in [7, 11) is 0. The van der Waals surface area contributed by atoms with E-state index < -0.39 is 5.79 Å². The number of aryl methyl sites for hydroxylation is 1. The number of fused-ring (bicyclic) bond motifs is 2. The van der Waals surface area contributed by atoms with E-state index in [0.717, 1.165) is 11.3 Å². The van der Waals surface area contributed by atoms with Crippen LogP contribution in [0.1, 0.15) is 11.1 Å². The van der Waals surface area contributed by atoms with Gasteiger partial charge < -0.3 is 19.1 Å². The van der Waals surface area contributed by atoms with E-state index in [9.17, 15) is 4.79 Å². The second kappa shape index (κ2) is 6.33. The summed E-state index contributed by atoms with van der Waals surface area (Å²) in [6.07, 6.45) is 0. The maximum atomic E-state index is 13.0. The molecule has 0 aliphatic carbocycles. The number of benzene rings is 2. The molecule has 1 amide bonds. The number of para-hydroxylation sites is 2. The van der Waals surface area contributed by atoms with Crippen molar-refractivity contribution in [2.75, 3.05) is 31.3 Å². The first kappa shape index (κ1) is 16.4. The van der Waals surface area contributed by atoms with Crippen LogP contribution in [-0.4, -0.2) is 32.3 Å². The van der Waals surface area contributed by atoms with Gasteiger partial charge in [0.15, 0.2) is 0 Å². The SMILES string of the molecule is Cc1ccccc1OCCN1C(=O)C2(OCCO2)c2cccc(Cl)c21. The lowest BCUT2D eigenvalue weighted by atomic mass is 10.1. The molecule has 0 bridgehead atoms. The Hall–Kier alpha value is -2.08. The second-order valence-electron chi connectivity index (χ2n) is 6.02. The van der Waals surface area contributed by atoms with Gasteiger partial charge in [0, 0.05) is 5.56 Å². The third-order valence-corrected chi connectivity index (χ3v) is 4.80. The summed E-state index contributed by atoms with van der Waals surface area (Å²) >= 11 is 6.37. The van der Waals surface area contributed by atoms with Crippen LogP contribution in [0.3, 0.4) is 0 Å². The molecule has 4 rings (SSSR count). The largest absolute Gasteiger partial charge is 0.491 e. The van der Waals surface area contributed by atoms with Crippen LogP contribution in [0, 0.1) is 6.92 Å². The maximum absolute atomic E-state index is 13.0. The Balaban J connectivity index is 1.58. The molecule has 2 aliphatic heterocycles. The van der Waals surface area contributed by atoms with Gasteiger partial charge in [-0.3, -0.25) is 4.79 Å². The third-order valence-electron chi connectivity index (χ3n) is 4.50. The topological polar surface area (TPSA) is 48.0 Å². The van der Waals surface area contributed by atoms with Gasteiger partial charge in [-0.2, -0.15) is 0 Å². The minimum absolute atomic E-state index is 0.249. The number of anilines is 1. The average Bonchev–Trinajstić information content (AvgIpc) is 3.18. The Morgan fingerprint density at radius 3 is 2.68 bits per heavy atom. The van der Waals surface area contributed by atoms with Crippen LogP contribution in [0.5, 0.6) is 5.75 Å². The van der Waals surface area contributed by atoms with Gasteiger partial charge >= 0.3 is 0 Å². The highest BCUT2D eigenvalue weighted by atomic mass is 35.5. The van der Waals surface area contributed by atoms with Crippen molar-refractivity contribution in [3.05, 3.63) is 58.6 Å². The molecular formula is C19H18ClNO4. The van der Waals surface area contributed by atoms with Crippen molar-refractivity contribution in [3.63, 3.8) is 0 Å². The Morgan fingerprint density at radius 1 is 1.16 bits per heavy atom. The summed E-state index contributed by atoms with van der Waals surface area (Å²) in [6.45, 7) is 3.45. The Kier molecular flexibility index (Phi) is 4.15. The molecule has 2 aromatic carbocycles. The lowest BCUT2D eigenvalue weighted by Gasteiger charge is -2.22. The molecule has 2 heterocycles. The molecule has 6 heteroatoms. The zero-order valence-electron chi connectivity index (χ0n) is 13.8. The van der Waals surface area contributed by atoms with Crippen molar-refractivity contribution in [3.8, 4) is 5.75 Å². The van der Waals surface area contributed by atoms with Gasteiger partial charge in [-0.25, -0.2) is 0 Å². The van der Waals surface area contributed by atoms with Gasteiger partial charge in [-0.15, -0.1) is 0 Å². The summed E-state index contributed by atoms with van der Waals surface area (Å²) in [4.78, 5) is 14.6. The lowest BCUT2D eigenvalue weighted by Crippen LogP contribution is -2.42. The van der Waals surface area contributed by atoms with Crippen LogP contribution in [0.4, 0.5) is 5.69 Å². The molecule has 0 aromatic heterocycles. The van der Waals surface area contributed by atoms with Crippen molar-refractivity contribution in [1.29, 1.82) is 0 Å². The number of nitrogens with zero attached hydrogens (tertiary/aromatic N) is 1. The molecule has 0 saturated carbocycles. The van der Waals surface area contributed by atoms with Crippen molar-refractivity contribution in [2.45, 2.75) is 12.7 Å². The average molecular weight is 360 g/mol. The number of ether oxygens (including phenoxy) is 3. The van der Waals surface area contributed by atoms with E-state index >= 15 is 0 Å². The lowest BCUT2D eigenvalue weighted by molar-refractivity contribution is -0.180. The first-order valence-corrected chi connectivity index (χ1v) is 8.58. The van der Waals surface area contributed by atoms with Crippen LogP contribution < -0.4 is 9.64 Å². The predicted molar refractivity (Wildman–Crippen MR) is 94.1 cm³/mol. The van der Waals surface area contributed by atoms with E-state index in [1.807, 2.05) is 37.3 Å². The monoisotopic (exact) mass is 359 g/mol. The Labute approximate surface area is 151 Å². The van der Waals surface area contributed by atoms with Gasteiger partial charge in [0.25, 0.3) is 11.7 Å². The smallest absolute Gasteiger partial charge is 0.292 e. The number of hydrogen-bond acceptors (Lipinski definition) is 4. The van der Waals surface area contributed by atoms with Gasteiger partial charge in [0.2, 0.25) is 0 Å². The van der Waals surface area contributed by atoms with Crippen LogP contribution in [0.25, 0.3) is 0 Å². The minimum Gasteiger partial charge on any atom is -0.491 e. The summed E-state index contributed by atoms with van der Waals surface area (Å²) in [5, 5.41) is 0.498. The fraction of sp³-hybridized carbons (Fsp3) is 0.316. The Morgan fingerprint density at radius 2 is 1.92 bits per heavy atom. The summed E-state index contributed by atoms with van der Waals surface area (Å²) in [5.41, 5.74) is 2.36. The number of amides is 1. The number of hydrogen-bond donors (Lipinski definition) is 0. The zero-order valence-corrected chi connectivity index (χ0v) is 14.6. The van der Waals surface area contributed by atoms with Crippen molar-refractivity contribution in [2.24, 2.45) is 0 Å². The van der Waals surface area contributed by atoms with Crippen molar-refractivity contribution < 1.29 is 19.0 Å². The van der Waals surface area contributed by atoms with Gasteiger partial charge in [-0.1, -0.05) is 41.9 Å². The quantitative estimate of drug-likeness (QED) is 0.840. The van der Waals surface area contributed by atoms with E-state index in [1.165, 1.54) is 0 Å². The van der Waals surface area contributed by atoms with Gasteiger partial charge in [0.05, 0.1) is 30.5 Å². The zero-order chi connectivity index (χ0) is 17.4. The number of carbonyl (C=O) groups excluding carboxylic acids is 1. The van der Waals surface area contributed by atoms with Crippen molar-refractivity contribution in [1.82, 2.24) is 0 Å². The van der Waals surface area contributed by atoms with Crippen LogP contribution in [0.2, 0.25) is 5.02 Å². The predicted octanol–water partition coefficient (Wildman–Crippen LogP) is 3.27. The van der Waals surface area contributed by atoms with Gasteiger partial charge in [0.1, 0.15) is 12.4 Å². The molecule has 0 radical (unpaired) electrons. The second-order valence-corrected chi connectivity index (χ2v) is 6.43. The molecule has 1 saturated heterocycles. The first-order valence-electron chi connectivity index (χ1n) is 8.21. The van der Waals surface area contributed by atoms with Crippen LogP contribution in [0.15, 0.2) is 42.5 Å². The first-order chi connectivity index (χ1) is 12.1. The molecule has 0 unspecified atom stereocenters. The van der Waals surface area contributed by atoms with Crippen LogP contribution >= 0.6 is 11.6 Å². The van der Waals surface area contributed by atoms with Crippen molar-refractivity contribution >= 4 is 23.2 Å². The number of rotatable bonds is 4. The summed E-state index contributed by atoms with van der Waals surface area (Å²) in [5.74, 6) is -0.804. The maximum Gasteiger partial charge on any atom is 0.292 e. The molecular weight excluding hydrogens is 342 g/mol. The molecule has 25 heavy (non-hydrogen) atoms. The molecule has 0 atom stereocenters. The molecule has 2 aliphatic rings. The van der Waals surface area contributed by atoms with E-state index in [-0.39, 0.29) is 5.91 Å².